The van der Waals surface area contributed by atoms with Gasteiger partial charge in [0.15, 0.2) is 0 Å². The second-order valence-electron chi connectivity index (χ2n) is 7.11. The second-order valence-corrected chi connectivity index (χ2v) is 12.1. The van der Waals surface area contributed by atoms with Gasteiger partial charge in [0.25, 0.3) is 0 Å². The van der Waals surface area contributed by atoms with Crippen molar-refractivity contribution in [1.29, 1.82) is 0 Å². The van der Waals surface area contributed by atoms with Crippen LogP contribution in [0.5, 0.6) is 0 Å². The summed E-state index contributed by atoms with van der Waals surface area (Å²) in [7, 11) is -2.06. The zero-order valence-corrected chi connectivity index (χ0v) is 13.4. The quantitative estimate of drug-likeness (QED) is 0.773. The zero-order valence-electron chi connectivity index (χ0n) is 12.4. The molecule has 0 bridgehead atoms. The fraction of sp³-hybridized carbons (Fsp3) is 0.571. The van der Waals surface area contributed by atoms with E-state index in [9.17, 15) is 4.39 Å². The second kappa shape index (κ2) is 5.04. The van der Waals surface area contributed by atoms with E-state index in [1.54, 1.807) is 6.07 Å². The Labute approximate surface area is 116 Å². The van der Waals surface area contributed by atoms with Crippen LogP contribution >= 0.6 is 0 Å². The van der Waals surface area contributed by atoms with E-state index in [1.165, 1.54) is 0 Å². The van der Waals surface area contributed by atoms with Gasteiger partial charge in [0.05, 0.1) is 8.07 Å². The lowest BCUT2D eigenvalue weighted by Crippen LogP contribution is -2.49. The van der Waals surface area contributed by atoms with Crippen molar-refractivity contribution >= 4 is 25.8 Å². The van der Waals surface area contributed by atoms with E-state index in [0.717, 1.165) is 10.6 Å². The van der Waals surface area contributed by atoms with Crippen molar-refractivity contribution in [2.45, 2.75) is 33.5 Å². The van der Waals surface area contributed by atoms with Crippen LogP contribution in [0.2, 0.25) is 19.6 Å². The van der Waals surface area contributed by atoms with E-state index in [1.807, 2.05) is 12.1 Å². The van der Waals surface area contributed by atoms with E-state index in [2.05, 4.69) is 33.5 Å². The highest BCUT2D eigenvalue weighted by Crippen LogP contribution is 2.21. The van der Waals surface area contributed by atoms with Crippen LogP contribution in [0.3, 0.4) is 0 Å². The molecule has 0 amide bonds. The van der Waals surface area contributed by atoms with Crippen LogP contribution in [0.15, 0.2) is 18.2 Å². The maximum atomic E-state index is 14.2. The molecular weight excluding hydrogens is 258 g/mol. The molecule has 1 heterocycles. The van der Waals surface area contributed by atoms with Crippen molar-refractivity contribution in [3.8, 4) is 0 Å². The van der Waals surface area contributed by atoms with Crippen molar-refractivity contribution in [3.63, 3.8) is 0 Å². The Bertz CT molecular complexity index is 461. The smallest absolute Gasteiger partial charge is 0.407 e. The van der Waals surface area contributed by atoms with E-state index in [4.69, 9.17) is 9.31 Å². The highest BCUT2D eigenvalue weighted by molar-refractivity contribution is 6.88. The van der Waals surface area contributed by atoms with Crippen molar-refractivity contribution in [1.82, 2.24) is 0 Å². The van der Waals surface area contributed by atoms with Gasteiger partial charge in [-0.05, 0) is 16.7 Å². The predicted octanol–water partition coefficient (Wildman–Crippen LogP) is 2.14. The first kappa shape index (κ1) is 14.8. The van der Waals surface area contributed by atoms with Gasteiger partial charge in [0, 0.05) is 18.6 Å². The predicted molar refractivity (Wildman–Crippen MR) is 80.5 cm³/mol. The average Bonchev–Trinajstić information content (AvgIpc) is 2.27. The molecule has 0 N–H and O–H groups in total. The molecule has 0 saturated carbocycles. The van der Waals surface area contributed by atoms with Gasteiger partial charge in [0.1, 0.15) is 5.82 Å². The standard InChI is InChI=1S/C14H22BFO2Si/c1-14(2)9-17-15(18-10-14)11-6-7-13(12(16)8-11)19(3,4)5/h6-8H,9-10H2,1-5H3. The Morgan fingerprint density at radius 3 is 2.21 bits per heavy atom. The van der Waals surface area contributed by atoms with E-state index >= 15 is 0 Å². The van der Waals surface area contributed by atoms with E-state index in [0.29, 0.717) is 13.2 Å². The molecule has 0 atom stereocenters. The van der Waals surface area contributed by atoms with Gasteiger partial charge in [0.2, 0.25) is 0 Å². The molecule has 0 aromatic heterocycles. The molecule has 104 valence electrons. The summed E-state index contributed by atoms with van der Waals surface area (Å²) in [5.41, 5.74) is 0.808. The van der Waals surface area contributed by atoms with E-state index < -0.39 is 15.2 Å². The molecular formula is C14H22BFO2Si. The first-order valence-corrected chi connectivity index (χ1v) is 10.2. The highest BCUT2D eigenvalue weighted by Gasteiger charge is 2.34. The van der Waals surface area contributed by atoms with Crippen LogP contribution in [0.1, 0.15) is 13.8 Å². The summed E-state index contributed by atoms with van der Waals surface area (Å²) in [6, 6.07) is 5.39. The molecule has 1 aromatic carbocycles. The molecule has 2 rings (SSSR count). The fourth-order valence-electron chi connectivity index (χ4n) is 2.17. The van der Waals surface area contributed by atoms with Crippen LogP contribution in [0, 0.1) is 11.2 Å². The summed E-state index contributed by atoms with van der Waals surface area (Å²) in [6.45, 7) is 11.9. The third-order valence-corrected chi connectivity index (χ3v) is 5.35. The van der Waals surface area contributed by atoms with Crippen molar-refractivity contribution in [2.75, 3.05) is 13.2 Å². The molecule has 0 radical (unpaired) electrons. The number of halogens is 1. The maximum Gasteiger partial charge on any atom is 0.494 e. The molecule has 0 aliphatic carbocycles. The summed E-state index contributed by atoms with van der Waals surface area (Å²) in [4.78, 5) is 0. The molecule has 5 heteroatoms. The molecule has 2 nitrogen and oxygen atoms in total. The van der Waals surface area contributed by atoms with Gasteiger partial charge in [-0.3, -0.25) is 0 Å². The zero-order chi connectivity index (χ0) is 14.3. The van der Waals surface area contributed by atoms with Gasteiger partial charge >= 0.3 is 7.12 Å². The summed E-state index contributed by atoms with van der Waals surface area (Å²) >= 11 is 0. The largest absolute Gasteiger partial charge is 0.494 e. The lowest BCUT2D eigenvalue weighted by atomic mass is 9.76. The van der Waals surface area contributed by atoms with Crippen LogP contribution in [-0.2, 0) is 9.31 Å². The minimum atomic E-state index is -1.63. The minimum Gasteiger partial charge on any atom is -0.407 e. The molecule has 0 spiro atoms. The van der Waals surface area contributed by atoms with E-state index in [-0.39, 0.29) is 11.2 Å². The summed E-state index contributed by atoms with van der Waals surface area (Å²) < 4.78 is 25.5. The van der Waals surface area contributed by atoms with Gasteiger partial charge in [-0.1, -0.05) is 45.6 Å². The lowest BCUT2D eigenvalue weighted by molar-refractivity contribution is 0.0343. The number of benzene rings is 1. The van der Waals surface area contributed by atoms with Crippen LogP contribution in [0.4, 0.5) is 4.39 Å². The normalized spacial score (nSPS) is 19.6. The molecule has 1 fully saturated rings. The molecule has 1 aliphatic rings. The summed E-state index contributed by atoms with van der Waals surface area (Å²) in [5.74, 6) is -0.131. The molecule has 1 aromatic rings. The van der Waals surface area contributed by atoms with Gasteiger partial charge in [-0.25, -0.2) is 4.39 Å². The summed E-state index contributed by atoms with van der Waals surface area (Å²) in [6.07, 6.45) is 0. The monoisotopic (exact) mass is 280 g/mol. The van der Waals surface area contributed by atoms with Gasteiger partial charge in [-0.2, -0.15) is 0 Å². The third-order valence-electron chi connectivity index (χ3n) is 3.32. The van der Waals surface area contributed by atoms with Gasteiger partial charge < -0.3 is 9.31 Å². The SMILES string of the molecule is CC1(C)COB(c2ccc([Si](C)(C)C)c(F)c2)OC1. The number of hydrogen-bond donors (Lipinski definition) is 0. The topological polar surface area (TPSA) is 18.5 Å². The first-order chi connectivity index (χ1) is 8.69. The molecule has 0 unspecified atom stereocenters. The molecule has 19 heavy (non-hydrogen) atoms. The molecule has 1 aliphatic heterocycles. The third kappa shape index (κ3) is 3.47. The number of rotatable bonds is 2. The minimum absolute atomic E-state index is 0.0350. The summed E-state index contributed by atoms with van der Waals surface area (Å²) in [5, 5.41) is 0.854. The fourth-order valence-corrected chi connectivity index (χ4v) is 3.54. The average molecular weight is 280 g/mol. The highest BCUT2D eigenvalue weighted by atomic mass is 28.3. The Morgan fingerprint density at radius 1 is 1.16 bits per heavy atom. The Hall–Kier alpha value is -0.648. The Morgan fingerprint density at radius 2 is 1.74 bits per heavy atom. The molecule has 1 saturated heterocycles. The van der Waals surface area contributed by atoms with Gasteiger partial charge in [-0.15, -0.1) is 0 Å². The Balaban J connectivity index is 2.17. The first-order valence-electron chi connectivity index (χ1n) is 6.72. The van der Waals surface area contributed by atoms with Crippen molar-refractivity contribution in [2.24, 2.45) is 5.41 Å². The maximum absolute atomic E-state index is 14.2. The van der Waals surface area contributed by atoms with Crippen LogP contribution in [-0.4, -0.2) is 28.4 Å². The number of hydrogen-bond acceptors (Lipinski definition) is 2. The van der Waals surface area contributed by atoms with Crippen LogP contribution < -0.4 is 10.6 Å². The van der Waals surface area contributed by atoms with Crippen LogP contribution in [0.25, 0.3) is 0 Å². The van der Waals surface area contributed by atoms with Crippen molar-refractivity contribution < 1.29 is 13.7 Å². The Kier molecular flexibility index (Phi) is 3.91. The lowest BCUT2D eigenvalue weighted by Gasteiger charge is -2.33. The van der Waals surface area contributed by atoms with Crippen molar-refractivity contribution in [3.05, 3.63) is 24.0 Å².